The summed E-state index contributed by atoms with van der Waals surface area (Å²) in [6.07, 6.45) is 6.13. The van der Waals surface area contributed by atoms with Crippen LogP contribution in [0.5, 0.6) is 0 Å². The Morgan fingerprint density at radius 1 is 1.39 bits per heavy atom. The first-order chi connectivity index (χ1) is 11.1. The number of aromatic nitrogens is 1. The van der Waals surface area contributed by atoms with E-state index in [-0.39, 0.29) is 18.5 Å². The Hall–Kier alpha value is -1.50. The van der Waals surface area contributed by atoms with E-state index in [9.17, 15) is 9.90 Å². The number of hydrogen-bond donors (Lipinski definition) is 3. The first-order valence-electron chi connectivity index (χ1n) is 8.48. The van der Waals surface area contributed by atoms with Crippen LogP contribution in [0.3, 0.4) is 0 Å². The van der Waals surface area contributed by atoms with Gasteiger partial charge in [0.25, 0.3) is 0 Å². The molecule has 3 rings (SSSR count). The quantitative estimate of drug-likeness (QED) is 0.746. The molecule has 1 aliphatic carbocycles. The second kappa shape index (κ2) is 6.95. The zero-order valence-corrected chi connectivity index (χ0v) is 13.4. The van der Waals surface area contributed by atoms with Crippen LogP contribution in [0.2, 0.25) is 0 Å². The number of nitrogens with zero attached hydrogens (tertiary/aromatic N) is 2. The fourth-order valence-corrected chi connectivity index (χ4v) is 3.86. The predicted molar refractivity (Wildman–Crippen MR) is 87.6 cm³/mol. The highest BCUT2D eigenvalue weighted by Gasteiger charge is 2.39. The topological polar surface area (TPSA) is 91.5 Å². The molecule has 1 unspecified atom stereocenters. The molecule has 6 heteroatoms. The third-order valence-electron chi connectivity index (χ3n) is 5.21. The average Bonchev–Trinajstić information content (AvgIpc) is 3.04. The van der Waals surface area contributed by atoms with E-state index in [4.69, 9.17) is 5.73 Å². The second-order valence-corrected chi connectivity index (χ2v) is 6.73. The number of likely N-dealkylation sites (tertiary alicyclic amines) is 1. The molecule has 0 bridgehead atoms. The minimum Gasteiger partial charge on any atom is -0.384 e. The van der Waals surface area contributed by atoms with Gasteiger partial charge in [-0.05, 0) is 44.2 Å². The molecule has 1 aromatic heterocycles. The molecule has 126 valence electrons. The van der Waals surface area contributed by atoms with Crippen LogP contribution in [0.1, 0.15) is 37.8 Å². The van der Waals surface area contributed by atoms with Crippen LogP contribution in [-0.4, -0.2) is 52.6 Å². The lowest BCUT2D eigenvalue weighted by Gasteiger charge is -2.39. The summed E-state index contributed by atoms with van der Waals surface area (Å²) < 4.78 is 0. The zero-order chi connectivity index (χ0) is 16.3. The third-order valence-corrected chi connectivity index (χ3v) is 5.21. The molecule has 1 amide bonds. The molecule has 2 aliphatic rings. The summed E-state index contributed by atoms with van der Waals surface area (Å²) in [5.41, 5.74) is 5.35. The van der Waals surface area contributed by atoms with Crippen molar-refractivity contribution < 1.29 is 9.90 Å². The van der Waals surface area contributed by atoms with E-state index in [1.807, 2.05) is 18.2 Å². The Bertz CT molecular complexity index is 529. The van der Waals surface area contributed by atoms with Crippen molar-refractivity contribution in [2.24, 2.45) is 5.73 Å². The van der Waals surface area contributed by atoms with Crippen molar-refractivity contribution >= 4 is 5.91 Å². The number of carbonyl (C=O) groups excluding carboxylic acids is 1. The first-order valence-corrected chi connectivity index (χ1v) is 8.48. The molecule has 1 saturated heterocycles. The van der Waals surface area contributed by atoms with E-state index in [0.29, 0.717) is 6.04 Å². The molecule has 1 atom stereocenters. The molecule has 1 saturated carbocycles. The second-order valence-electron chi connectivity index (χ2n) is 6.73. The molecule has 2 fully saturated rings. The molecule has 23 heavy (non-hydrogen) atoms. The summed E-state index contributed by atoms with van der Waals surface area (Å²) in [7, 11) is 0. The molecule has 1 aromatic rings. The van der Waals surface area contributed by atoms with Crippen molar-refractivity contribution in [1.82, 2.24) is 15.2 Å². The Kier molecular flexibility index (Phi) is 4.94. The number of aliphatic hydroxyl groups is 1. The maximum atomic E-state index is 11.4. The van der Waals surface area contributed by atoms with Gasteiger partial charge in [-0.2, -0.15) is 0 Å². The SMILES string of the molecule is NCC(=O)NC1CCN(C2CCC(O)(c3ccccn3)CC2)C1. The predicted octanol–water partition coefficient (Wildman–Crippen LogP) is 0.361. The molecule has 0 spiro atoms. The molecule has 1 aliphatic heterocycles. The fraction of sp³-hybridized carbons (Fsp3) is 0.647. The Morgan fingerprint density at radius 3 is 2.83 bits per heavy atom. The van der Waals surface area contributed by atoms with Crippen LogP contribution >= 0.6 is 0 Å². The smallest absolute Gasteiger partial charge is 0.233 e. The van der Waals surface area contributed by atoms with E-state index in [2.05, 4.69) is 15.2 Å². The van der Waals surface area contributed by atoms with Crippen molar-refractivity contribution in [3.8, 4) is 0 Å². The van der Waals surface area contributed by atoms with E-state index >= 15 is 0 Å². The van der Waals surface area contributed by atoms with Crippen molar-refractivity contribution in [2.45, 2.75) is 49.8 Å². The van der Waals surface area contributed by atoms with Gasteiger partial charge in [0.1, 0.15) is 5.60 Å². The lowest BCUT2D eigenvalue weighted by molar-refractivity contribution is -0.120. The maximum absolute atomic E-state index is 11.4. The fourth-order valence-electron chi connectivity index (χ4n) is 3.86. The average molecular weight is 318 g/mol. The summed E-state index contributed by atoms with van der Waals surface area (Å²) in [6, 6.07) is 6.41. The molecular formula is C17H26N4O2. The highest BCUT2D eigenvalue weighted by atomic mass is 16.3. The van der Waals surface area contributed by atoms with Gasteiger partial charge in [-0.15, -0.1) is 0 Å². The normalized spacial score (nSPS) is 31.9. The highest BCUT2D eigenvalue weighted by molar-refractivity contribution is 5.78. The van der Waals surface area contributed by atoms with Crippen LogP contribution in [0.25, 0.3) is 0 Å². The molecule has 0 aromatic carbocycles. The zero-order valence-electron chi connectivity index (χ0n) is 13.4. The van der Waals surface area contributed by atoms with Crippen molar-refractivity contribution in [3.63, 3.8) is 0 Å². The Balaban J connectivity index is 1.53. The first kappa shape index (κ1) is 16.4. The van der Waals surface area contributed by atoms with Gasteiger partial charge >= 0.3 is 0 Å². The number of pyridine rings is 1. The van der Waals surface area contributed by atoms with Crippen LogP contribution in [-0.2, 0) is 10.4 Å². The van der Waals surface area contributed by atoms with Gasteiger partial charge in [-0.1, -0.05) is 6.07 Å². The number of nitrogens with two attached hydrogens (primary N) is 1. The highest BCUT2D eigenvalue weighted by Crippen LogP contribution is 2.38. The summed E-state index contributed by atoms with van der Waals surface area (Å²) in [5, 5.41) is 13.8. The van der Waals surface area contributed by atoms with Gasteiger partial charge in [0.2, 0.25) is 5.91 Å². The minimum absolute atomic E-state index is 0.0526. The minimum atomic E-state index is -0.787. The Morgan fingerprint density at radius 2 is 2.17 bits per heavy atom. The van der Waals surface area contributed by atoms with Gasteiger partial charge in [0.05, 0.1) is 12.2 Å². The molecule has 6 nitrogen and oxygen atoms in total. The van der Waals surface area contributed by atoms with Gasteiger partial charge < -0.3 is 16.2 Å². The van der Waals surface area contributed by atoms with E-state index in [1.165, 1.54) is 0 Å². The largest absolute Gasteiger partial charge is 0.384 e. The van der Waals surface area contributed by atoms with Gasteiger partial charge in [0, 0.05) is 31.4 Å². The summed E-state index contributed by atoms with van der Waals surface area (Å²) in [6.45, 7) is 1.94. The van der Waals surface area contributed by atoms with Gasteiger partial charge in [0.15, 0.2) is 0 Å². The third kappa shape index (κ3) is 3.71. The van der Waals surface area contributed by atoms with Crippen LogP contribution in [0, 0.1) is 0 Å². The summed E-state index contributed by atoms with van der Waals surface area (Å²) >= 11 is 0. The Labute approximate surface area is 137 Å². The number of rotatable bonds is 4. The number of carbonyl (C=O) groups is 1. The van der Waals surface area contributed by atoms with Crippen LogP contribution < -0.4 is 11.1 Å². The number of nitrogens with one attached hydrogen (secondary N) is 1. The lowest BCUT2D eigenvalue weighted by atomic mass is 9.79. The maximum Gasteiger partial charge on any atom is 0.233 e. The standard InChI is InChI=1S/C17H26N4O2/c18-11-16(22)20-13-6-10-21(12-13)14-4-7-17(23,8-5-14)15-3-1-2-9-19-15/h1-3,9,13-14,23H,4-8,10-12,18H2,(H,20,22). The number of amides is 1. The van der Waals surface area contributed by atoms with Crippen LogP contribution in [0.4, 0.5) is 0 Å². The van der Waals surface area contributed by atoms with E-state index in [0.717, 1.165) is 50.9 Å². The van der Waals surface area contributed by atoms with E-state index < -0.39 is 5.60 Å². The van der Waals surface area contributed by atoms with Crippen molar-refractivity contribution in [1.29, 1.82) is 0 Å². The molecule has 0 radical (unpaired) electrons. The van der Waals surface area contributed by atoms with Gasteiger partial charge in [-0.3, -0.25) is 14.7 Å². The van der Waals surface area contributed by atoms with Gasteiger partial charge in [-0.25, -0.2) is 0 Å². The summed E-state index contributed by atoms with van der Waals surface area (Å²) in [5.74, 6) is -0.0787. The van der Waals surface area contributed by atoms with Crippen molar-refractivity contribution in [2.75, 3.05) is 19.6 Å². The van der Waals surface area contributed by atoms with Crippen LogP contribution in [0.15, 0.2) is 24.4 Å². The lowest BCUT2D eigenvalue weighted by Crippen LogP contribution is -2.44. The number of hydrogen-bond acceptors (Lipinski definition) is 5. The monoisotopic (exact) mass is 318 g/mol. The summed E-state index contributed by atoms with van der Waals surface area (Å²) in [4.78, 5) is 18.2. The van der Waals surface area contributed by atoms with Crippen molar-refractivity contribution in [3.05, 3.63) is 30.1 Å². The molecular weight excluding hydrogens is 292 g/mol. The molecule has 2 heterocycles. The molecule has 4 N–H and O–H groups in total. The van der Waals surface area contributed by atoms with E-state index in [1.54, 1.807) is 6.20 Å².